The van der Waals surface area contributed by atoms with E-state index in [1.165, 1.54) is 24.5 Å². The number of hydrogen-bond acceptors (Lipinski definition) is 5. The van der Waals surface area contributed by atoms with E-state index in [0.29, 0.717) is 26.9 Å². The number of thiophene rings is 1. The highest BCUT2D eigenvalue weighted by molar-refractivity contribution is 7.93. The van der Waals surface area contributed by atoms with E-state index in [4.69, 9.17) is 22.1 Å². The molecule has 0 radical (unpaired) electrons. The van der Waals surface area contributed by atoms with Crippen LogP contribution in [0.1, 0.15) is 10.4 Å². The van der Waals surface area contributed by atoms with Gasteiger partial charge in [-0.2, -0.15) is 0 Å². The lowest BCUT2D eigenvalue weighted by atomic mass is 10.3. The maximum absolute atomic E-state index is 12.5. The first-order valence-corrected chi connectivity index (χ1v) is 8.76. The van der Waals surface area contributed by atoms with E-state index in [9.17, 15) is 8.42 Å². The number of halogens is 1. The summed E-state index contributed by atoms with van der Waals surface area (Å²) >= 11 is 7.26. The van der Waals surface area contributed by atoms with E-state index in [1.807, 2.05) is 0 Å². The first-order valence-electron chi connectivity index (χ1n) is 6.02. The number of rotatable bonds is 5. The third-order valence-corrected chi connectivity index (χ3v) is 6.03. The van der Waals surface area contributed by atoms with Crippen molar-refractivity contribution in [3.8, 4) is 5.75 Å². The lowest BCUT2D eigenvalue weighted by Gasteiger charge is -2.11. The van der Waals surface area contributed by atoms with E-state index < -0.39 is 10.0 Å². The molecule has 1 aromatic heterocycles. The normalized spacial score (nSPS) is 11.4. The highest BCUT2D eigenvalue weighted by Gasteiger charge is 2.22. The smallest absolute Gasteiger partial charge is 0.263 e. The lowest BCUT2D eigenvalue weighted by Crippen LogP contribution is -2.15. The molecule has 0 aliphatic heterocycles. The molecule has 0 spiro atoms. The number of ether oxygens (including phenoxy) is 1. The van der Waals surface area contributed by atoms with Gasteiger partial charge < -0.3 is 10.5 Å². The van der Waals surface area contributed by atoms with Gasteiger partial charge in [0, 0.05) is 17.5 Å². The van der Waals surface area contributed by atoms with Crippen LogP contribution in [-0.2, 0) is 16.6 Å². The number of hydrogen-bond donors (Lipinski definition) is 2. The van der Waals surface area contributed by atoms with Gasteiger partial charge in [-0.05, 0) is 30.0 Å². The molecule has 0 saturated heterocycles. The van der Waals surface area contributed by atoms with Crippen LogP contribution in [0.3, 0.4) is 0 Å². The molecule has 8 heteroatoms. The average molecular weight is 347 g/mol. The minimum Gasteiger partial charge on any atom is -0.495 e. The fraction of sp³-hybridized carbons (Fsp3) is 0.231. The van der Waals surface area contributed by atoms with Crippen molar-refractivity contribution >= 4 is 38.6 Å². The highest BCUT2D eigenvalue weighted by Crippen LogP contribution is 2.31. The summed E-state index contributed by atoms with van der Waals surface area (Å²) < 4.78 is 32.6. The SMILES string of the molecule is COc1cc(NS(=O)(=O)c2c(C)csc2CN)ccc1Cl. The van der Waals surface area contributed by atoms with Crippen LogP contribution in [0.15, 0.2) is 28.5 Å². The fourth-order valence-electron chi connectivity index (χ4n) is 1.92. The molecule has 1 heterocycles. The number of methoxy groups -OCH3 is 1. The second kappa shape index (κ2) is 6.23. The number of anilines is 1. The minimum absolute atomic E-state index is 0.179. The van der Waals surface area contributed by atoms with Crippen LogP contribution in [0, 0.1) is 6.92 Å². The zero-order valence-electron chi connectivity index (χ0n) is 11.5. The Morgan fingerprint density at radius 2 is 2.14 bits per heavy atom. The molecule has 2 rings (SSSR count). The summed E-state index contributed by atoms with van der Waals surface area (Å²) in [6, 6.07) is 4.68. The zero-order valence-corrected chi connectivity index (χ0v) is 13.9. The van der Waals surface area contributed by atoms with Crippen LogP contribution in [-0.4, -0.2) is 15.5 Å². The van der Waals surface area contributed by atoms with E-state index >= 15 is 0 Å². The van der Waals surface area contributed by atoms with E-state index in [0.717, 1.165) is 0 Å². The molecule has 0 bridgehead atoms. The Kier molecular flexibility index (Phi) is 4.77. The van der Waals surface area contributed by atoms with Crippen LogP contribution >= 0.6 is 22.9 Å². The van der Waals surface area contributed by atoms with Gasteiger partial charge in [-0.1, -0.05) is 11.6 Å². The van der Waals surface area contributed by atoms with Gasteiger partial charge >= 0.3 is 0 Å². The van der Waals surface area contributed by atoms with Gasteiger partial charge in [-0.15, -0.1) is 11.3 Å². The predicted molar refractivity (Wildman–Crippen MR) is 85.8 cm³/mol. The highest BCUT2D eigenvalue weighted by atomic mass is 35.5. The molecule has 114 valence electrons. The Bertz CT molecular complexity index is 757. The molecule has 0 fully saturated rings. The molecule has 0 unspecified atom stereocenters. The van der Waals surface area contributed by atoms with Gasteiger partial charge in [-0.3, -0.25) is 4.72 Å². The van der Waals surface area contributed by atoms with Crippen molar-refractivity contribution in [2.45, 2.75) is 18.4 Å². The average Bonchev–Trinajstić information content (AvgIpc) is 2.82. The molecular weight excluding hydrogens is 332 g/mol. The van der Waals surface area contributed by atoms with Crippen molar-refractivity contribution in [2.24, 2.45) is 5.73 Å². The van der Waals surface area contributed by atoms with Crippen LogP contribution in [0.5, 0.6) is 5.75 Å². The van der Waals surface area contributed by atoms with Crippen LogP contribution < -0.4 is 15.2 Å². The van der Waals surface area contributed by atoms with E-state index in [2.05, 4.69) is 4.72 Å². The summed E-state index contributed by atoms with van der Waals surface area (Å²) in [6.07, 6.45) is 0. The summed E-state index contributed by atoms with van der Waals surface area (Å²) in [6.45, 7) is 1.92. The van der Waals surface area contributed by atoms with Crippen LogP contribution in [0.4, 0.5) is 5.69 Å². The van der Waals surface area contributed by atoms with Gasteiger partial charge in [0.15, 0.2) is 0 Å². The molecule has 2 aromatic rings. The number of benzene rings is 1. The zero-order chi connectivity index (χ0) is 15.6. The molecule has 1 aromatic carbocycles. The number of nitrogens with one attached hydrogen (secondary N) is 1. The standard InChI is InChI=1S/C13H15ClN2O3S2/c1-8-7-20-12(6-15)13(8)21(17,18)16-9-3-4-10(14)11(5-9)19-2/h3-5,7,16H,6,15H2,1-2H3. The molecule has 3 N–H and O–H groups in total. The molecule has 5 nitrogen and oxygen atoms in total. The Morgan fingerprint density at radius 3 is 2.76 bits per heavy atom. The Balaban J connectivity index is 2.40. The number of aryl methyl sites for hydroxylation is 1. The molecule has 0 amide bonds. The first-order chi connectivity index (χ1) is 9.89. The summed E-state index contributed by atoms with van der Waals surface area (Å²) in [5.41, 5.74) is 6.65. The molecule has 21 heavy (non-hydrogen) atoms. The third-order valence-electron chi connectivity index (χ3n) is 2.85. The van der Waals surface area contributed by atoms with Gasteiger partial charge in [0.25, 0.3) is 10.0 Å². The van der Waals surface area contributed by atoms with Gasteiger partial charge in [0.05, 0.1) is 17.8 Å². The summed E-state index contributed by atoms with van der Waals surface area (Å²) in [5, 5.41) is 2.19. The van der Waals surface area contributed by atoms with Crippen molar-refractivity contribution in [3.63, 3.8) is 0 Å². The second-order valence-electron chi connectivity index (χ2n) is 4.33. The van der Waals surface area contributed by atoms with Gasteiger partial charge in [0.1, 0.15) is 10.6 Å². The van der Waals surface area contributed by atoms with Crippen molar-refractivity contribution in [1.82, 2.24) is 0 Å². The summed E-state index contributed by atoms with van der Waals surface area (Å²) in [4.78, 5) is 0.866. The van der Waals surface area contributed by atoms with Gasteiger partial charge in [0.2, 0.25) is 0 Å². The Labute approximate surface area is 132 Å². The van der Waals surface area contributed by atoms with Crippen molar-refractivity contribution < 1.29 is 13.2 Å². The topological polar surface area (TPSA) is 81.4 Å². The molecule has 0 aliphatic rings. The Hall–Kier alpha value is -1.28. The quantitative estimate of drug-likeness (QED) is 0.872. The number of sulfonamides is 1. The maximum atomic E-state index is 12.5. The monoisotopic (exact) mass is 346 g/mol. The van der Waals surface area contributed by atoms with Crippen LogP contribution in [0.25, 0.3) is 0 Å². The summed E-state index contributed by atoms with van der Waals surface area (Å²) in [5.74, 6) is 0.401. The fourth-order valence-corrected chi connectivity index (χ4v) is 4.87. The molecule has 0 saturated carbocycles. The summed E-state index contributed by atoms with van der Waals surface area (Å²) in [7, 11) is -2.23. The van der Waals surface area contributed by atoms with Crippen molar-refractivity contribution in [2.75, 3.05) is 11.8 Å². The van der Waals surface area contributed by atoms with Crippen molar-refractivity contribution in [1.29, 1.82) is 0 Å². The first kappa shape index (κ1) is 16.1. The second-order valence-corrected chi connectivity index (χ2v) is 7.32. The predicted octanol–water partition coefficient (Wildman–Crippen LogP) is 2.98. The third kappa shape index (κ3) is 3.32. The lowest BCUT2D eigenvalue weighted by molar-refractivity contribution is 0.415. The molecule has 0 aliphatic carbocycles. The van der Waals surface area contributed by atoms with Crippen molar-refractivity contribution in [3.05, 3.63) is 39.0 Å². The number of nitrogens with two attached hydrogens (primary N) is 1. The van der Waals surface area contributed by atoms with E-state index in [-0.39, 0.29) is 11.4 Å². The minimum atomic E-state index is -3.70. The molecule has 0 atom stereocenters. The van der Waals surface area contributed by atoms with E-state index in [1.54, 1.807) is 24.4 Å². The maximum Gasteiger partial charge on any atom is 0.263 e. The van der Waals surface area contributed by atoms with Crippen LogP contribution in [0.2, 0.25) is 5.02 Å². The Morgan fingerprint density at radius 1 is 1.43 bits per heavy atom. The molecular formula is C13H15ClN2O3S2. The largest absolute Gasteiger partial charge is 0.495 e. The van der Waals surface area contributed by atoms with Gasteiger partial charge in [-0.25, -0.2) is 8.42 Å².